The first-order valence-electron chi connectivity index (χ1n) is 12.3. The molecule has 1 fully saturated rings. The summed E-state index contributed by atoms with van der Waals surface area (Å²) in [5, 5.41) is -0.903. The van der Waals surface area contributed by atoms with Crippen LogP contribution in [0.15, 0.2) is 54.6 Å². The van der Waals surface area contributed by atoms with Crippen LogP contribution >= 0.6 is 0 Å². The fourth-order valence-electron chi connectivity index (χ4n) is 4.42. The Hall–Kier alpha value is -4.28. The van der Waals surface area contributed by atoms with Gasteiger partial charge in [0, 0.05) is 22.4 Å². The molecule has 0 bridgehead atoms. The van der Waals surface area contributed by atoms with Gasteiger partial charge < -0.3 is 14.2 Å². The van der Waals surface area contributed by atoms with E-state index >= 15 is 0 Å². The van der Waals surface area contributed by atoms with Crippen LogP contribution in [-0.2, 0) is 15.6 Å². The van der Waals surface area contributed by atoms with Crippen LogP contribution in [0.1, 0.15) is 29.4 Å². The number of ether oxygens (including phenoxy) is 3. The van der Waals surface area contributed by atoms with Gasteiger partial charge in [-0.15, -0.1) is 0 Å². The largest absolute Gasteiger partial charge is 0.458 e. The molecular formula is C30H16F10O3. The van der Waals surface area contributed by atoms with Crippen molar-refractivity contribution in [1.82, 2.24) is 0 Å². The van der Waals surface area contributed by atoms with Crippen molar-refractivity contribution in [2.24, 2.45) is 0 Å². The standard InChI is InChI=1S/C30H16F10O3/c31-22-11-15(28-41-8-1-9-42-28)2-4-19(22)17-13-24(33)26(25(34)14-17)30(39,40)43-18-3-5-20-16(10-18)12-23(32)21(27(20)35)6-7-29(36,37)38/h2-5,10-14,28H,1,8-9H2. The van der Waals surface area contributed by atoms with Gasteiger partial charge in [-0.3, -0.25) is 0 Å². The Morgan fingerprint density at radius 1 is 0.744 bits per heavy atom. The second kappa shape index (κ2) is 11.4. The van der Waals surface area contributed by atoms with Crippen molar-refractivity contribution in [2.75, 3.05) is 13.2 Å². The number of fused-ring (bicyclic) bond motifs is 1. The molecule has 0 N–H and O–H groups in total. The van der Waals surface area contributed by atoms with E-state index in [2.05, 4.69) is 4.74 Å². The molecule has 4 aromatic carbocycles. The molecule has 0 aromatic heterocycles. The van der Waals surface area contributed by atoms with E-state index in [1.807, 2.05) is 0 Å². The number of alkyl halides is 5. The maximum Gasteiger partial charge on any atom is 0.458 e. The second-order valence-electron chi connectivity index (χ2n) is 9.28. The Morgan fingerprint density at radius 2 is 1.42 bits per heavy atom. The van der Waals surface area contributed by atoms with Gasteiger partial charge in [0.05, 0.1) is 18.8 Å². The zero-order valence-corrected chi connectivity index (χ0v) is 21.4. The molecule has 0 aliphatic carbocycles. The van der Waals surface area contributed by atoms with E-state index in [1.165, 1.54) is 18.1 Å². The summed E-state index contributed by atoms with van der Waals surface area (Å²) in [5.41, 5.74) is -3.42. The van der Waals surface area contributed by atoms with Gasteiger partial charge in [0.25, 0.3) is 0 Å². The summed E-state index contributed by atoms with van der Waals surface area (Å²) in [7, 11) is 0. The van der Waals surface area contributed by atoms with Crippen LogP contribution in [0.25, 0.3) is 21.9 Å². The average Bonchev–Trinajstić information content (AvgIpc) is 2.91. The molecule has 4 aromatic rings. The van der Waals surface area contributed by atoms with E-state index in [-0.39, 0.29) is 5.56 Å². The van der Waals surface area contributed by atoms with Crippen molar-refractivity contribution < 1.29 is 58.1 Å². The van der Waals surface area contributed by atoms with Crippen molar-refractivity contribution in [3.05, 3.63) is 100 Å². The lowest BCUT2D eigenvalue weighted by Crippen LogP contribution is -2.25. The normalized spacial score (nSPS) is 14.5. The Morgan fingerprint density at radius 3 is 2.05 bits per heavy atom. The molecule has 0 unspecified atom stereocenters. The number of rotatable bonds is 5. The van der Waals surface area contributed by atoms with Crippen LogP contribution in [0.3, 0.4) is 0 Å². The lowest BCUT2D eigenvalue weighted by molar-refractivity contribution is -0.189. The lowest BCUT2D eigenvalue weighted by atomic mass is 10.00. The fraction of sp³-hybridized carbons (Fsp3) is 0.200. The second-order valence-corrected chi connectivity index (χ2v) is 9.28. The Kier molecular flexibility index (Phi) is 8.02. The third-order valence-corrected chi connectivity index (χ3v) is 6.31. The first-order valence-corrected chi connectivity index (χ1v) is 12.3. The molecule has 0 radical (unpaired) electrons. The lowest BCUT2D eigenvalue weighted by Gasteiger charge is -2.23. The molecule has 13 heteroatoms. The smallest absolute Gasteiger partial charge is 0.429 e. The van der Waals surface area contributed by atoms with Gasteiger partial charge in [-0.2, -0.15) is 22.0 Å². The molecule has 0 saturated carbocycles. The van der Waals surface area contributed by atoms with Gasteiger partial charge in [-0.25, -0.2) is 22.0 Å². The number of hydrogen-bond acceptors (Lipinski definition) is 3. The summed E-state index contributed by atoms with van der Waals surface area (Å²) in [6.45, 7) is 0.771. The maximum absolute atomic E-state index is 15.0. The molecule has 1 aliphatic rings. The van der Waals surface area contributed by atoms with Crippen molar-refractivity contribution >= 4 is 10.8 Å². The molecule has 1 heterocycles. The highest BCUT2D eigenvalue weighted by Gasteiger charge is 2.41. The quantitative estimate of drug-likeness (QED) is 0.166. The summed E-state index contributed by atoms with van der Waals surface area (Å²) >= 11 is 0. The Labute approximate surface area is 236 Å². The van der Waals surface area contributed by atoms with Gasteiger partial charge in [0.15, 0.2) is 6.29 Å². The van der Waals surface area contributed by atoms with Crippen LogP contribution in [-0.4, -0.2) is 19.4 Å². The first-order chi connectivity index (χ1) is 20.2. The van der Waals surface area contributed by atoms with Crippen LogP contribution in [0.5, 0.6) is 5.75 Å². The van der Waals surface area contributed by atoms with E-state index in [1.54, 1.807) is 0 Å². The molecule has 224 valence electrons. The van der Waals surface area contributed by atoms with Crippen LogP contribution in [0.2, 0.25) is 0 Å². The monoisotopic (exact) mass is 614 g/mol. The molecule has 0 atom stereocenters. The average molecular weight is 614 g/mol. The van der Waals surface area contributed by atoms with Crippen molar-refractivity contribution in [2.45, 2.75) is 25.0 Å². The van der Waals surface area contributed by atoms with Crippen molar-refractivity contribution in [3.63, 3.8) is 0 Å². The first kappa shape index (κ1) is 30.2. The predicted molar refractivity (Wildman–Crippen MR) is 132 cm³/mol. The Bertz CT molecular complexity index is 1740. The third-order valence-electron chi connectivity index (χ3n) is 6.31. The van der Waals surface area contributed by atoms with Gasteiger partial charge in [0.1, 0.15) is 40.4 Å². The summed E-state index contributed by atoms with van der Waals surface area (Å²) < 4.78 is 156. The maximum atomic E-state index is 15.0. The molecule has 5 rings (SSSR count). The molecule has 0 spiro atoms. The van der Waals surface area contributed by atoms with Gasteiger partial charge in [-0.1, -0.05) is 18.1 Å². The third kappa shape index (κ3) is 6.40. The van der Waals surface area contributed by atoms with Crippen molar-refractivity contribution in [1.29, 1.82) is 0 Å². The fourth-order valence-corrected chi connectivity index (χ4v) is 4.42. The van der Waals surface area contributed by atoms with Crippen LogP contribution in [0, 0.1) is 40.9 Å². The van der Waals surface area contributed by atoms with Gasteiger partial charge in [0.2, 0.25) is 0 Å². The topological polar surface area (TPSA) is 27.7 Å². The zero-order valence-electron chi connectivity index (χ0n) is 21.4. The van der Waals surface area contributed by atoms with E-state index < -0.39 is 80.9 Å². The minimum atomic E-state index is -5.03. The molecular weight excluding hydrogens is 598 g/mol. The highest BCUT2D eigenvalue weighted by molar-refractivity contribution is 5.86. The molecule has 43 heavy (non-hydrogen) atoms. The summed E-state index contributed by atoms with van der Waals surface area (Å²) in [6, 6.07) is 7.33. The number of halogens is 10. The van der Waals surface area contributed by atoms with Crippen LogP contribution in [0.4, 0.5) is 43.9 Å². The zero-order chi connectivity index (χ0) is 31.1. The summed E-state index contributed by atoms with van der Waals surface area (Å²) in [6.07, 6.45) is -9.89. The Balaban J connectivity index is 1.43. The van der Waals surface area contributed by atoms with Crippen molar-refractivity contribution in [3.8, 4) is 28.7 Å². The number of hydrogen-bond donors (Lipinski definition) is 0. The van der Waals surface area contributed by atoms with Crippen LogP contribution < -0.4 is 4.74 Å². The summed E-state index contributed by atoms with van der Waals surface area (Å²) in [4.78, 5) is 0. The highest BCUT2D eigenvalue weighted by Crippen LogP contribution is 2.39. The van der Waals surface area contributed by atoms with E-state index in [4.69, 9.17) is 9.47 Å². The summed E-state index contributed by atoms with van der Waals surface area (Å²) in [5.74, 6) is -6.21. The highest BCUT2D eigenvalue weighted by atomic mass is 19.4. The minimum Gasteiger partial charge on any atom is -0.429 e. The van der Waals surface area contributed by atoms with Gasteiger partial charge in [-0.05, 0) is 59.8 Å². The molecule has 1 aliphatic heterocycles. The van der Waals surface area contributed by atoms with E-state index in [0.717, 1.165) is 24.1 Å². The molecule has 0 amide bonds. The molecule has 1 saturated heterocycles. The van der Waals surface area contributed by atoms with E-state index in [9.17, 15) is 43.9 Å². The predicted octanol–water partition coefficient (Wildman–Crippen LogP) is 8.68. The number of benzene rings is 4. The van der Waals surface area contributed by atoms with E-state index in [0.29, 0.717) is 49.5 Å². The molecule has 3 nitrogen and oxygen atoms in total. The SMILES string of the molecule is Fc1cc(C2OCCCO2)ccc1-c1cc(F)c(C(F)(F)Oc2ccc3c(F)c(C#CC(F)(F)F)c(F)cc3c2)c(F)c1. The van der Waals surface area contributed by atoms with Gasteiger partial charge >= 0.3 is 12.3 Å². The minimum absolute atomic E-state index is 0.300.